The standard InChI is InChI=1S/C39H71N7O2/c1-12-13-24-44(31-27-38(7,8)46(39(9,10)28-31)48-33-22-18-15-19-23-33)35-41-29(2)40-34(42-35)43(11)30-25-36(3,4)45(37(5,6)26-30)47-32-20-16-14-17-21-32/h30-33H,12-28H2,1-11H3. The lowest BCUT2D eigenvalue weighted by Crippen LogP contribution is -2.65. The number of hydroxylamine groups is 4. The number of aryl methyl sites for hydroxylation is 1. The van der Waals surface area contributed by atoms with Gasteiger partial charge >= 0.3 is 0 Å². The number of rotatable bonds is 11. The van der Waals surface area contributed by atoms with Crippen LogP contribution in [0, 0.1) is 6.92 Å². The highest BCUT2D eigenvalue weighted by Gasteiger charge is 2.50. The third-order valence-electron chi connectivity index (χ3n) is 11.8. The summed E-state index contributed by atoms with van der Waals surface area (Å²) in [6.45, 7) is 24.1. The number of aromatic nitrogens is 3. The van der Waals surface area contributed by atoms with E-state index in [1.807, 2.05) is 6.92 Å². The minimum absolute atomic E-state index is 0.110. The van der Waals surface area contributed by atoms with Gasteiger partial charge in [0.15, 0.2) is 0 Å². The van der Waals surface area contributed by atoms with Gasteiger partial charge in [0, 0.05) is 47.8 Å². The molecule has 0 atom stereocenters. The van der Waals surface area contributed by atoms with E-state index in [4.69, 9.17) is 24.6 Å². The average molecular weight is 670 g/mol. The monoisotopic (exact) mass is 670 g/mol. The fraction of sp³-hybridized carbons (Fsp3) is 0.923. The van der Waals surface area contributed by atoms with Crippen LogP contribution in [0.4, 0.5) is 11.9 Å². The second-order valence-electron chi connectivity index (χ2n) is 18.3. The maximum Gasteiger partial charge on any atom is 0.230 e. The molecule has 0 spiro atoms. The van der Waals surface area contributed by atoms with E-state index < -0.39 is 0 Å². The molecule has 0 N–H and O–H groups in total. The van der Waals surface area contributed by atoms with Crippen molar-refractivity contribution in [2.45, 2.75) is 218 Å². The first-order valence-corrected chi connectivity index (χ1v) is 19.7. The minimum atomic E-state index is -0.110. The molecule has 2 saturated carbocycles. The molecule has 274 valence electrons. The lowest BCUT2D eigenvalue weighted by atomic mass is 9.78. The van der Waals surface area contributed by atoms with Crippen molar-refractivity contribution in [2.75, 3.05) is 23.4 Å². The summed E-state index contributed by atoms with van der Waals surface area (Å²) in [6.07, 6.45) is 19.4. The molecular weight excluding hydrogens is 598 g/mol. The van der Waals surface area contributed by atoms with Gasteiger partial charge in [-0.1, -0.05) is 51.9 Å². The van der Waals surface area contributed by atoms with Crippen LogP contribution in [-0.2, 0) is 9.68 Å². The van der Waals surface area contributed by atoms with Crippen LogP contribution in [0.5, 0.6) is 0 Å². The summed E-state index contributed by atoms with van der Waals surface area (Å²) in [7, 11) is 2.19. The molecular formula is C39H71N7O2. The van der Waals surface area contributed by atoms with Crippen LogP contribution in [0.2, 0.25) is 0 Å². The maximum absolute atomic E-state index is 6.85. The van der Waals surface area contributed by atoms with Crippen LogP contribution in [0.3, 0.4) is 0 Å². The van der Waals surface area contributed by atoms with Crippen LogP contribution >= 0.6 is 0 Å². The van der Waals surface area contributed by atoms with E-state index in [0.29, 0.717) is 18.2 Å². The quantitative estimate of drug-likeness (QED) is 0.230. The molecule has 2 saturated heterocycles. The van der Waals surface area contributed by atoms with Crippen molar-refractivity contribution >= 4 is 11.9 Å². The Morgan fingerprint density at radius 3 is 1.48 bits per heavy atom. The van der Waals surface area contributed by atoms with Gasteiger partial charge in [0.25, 0.3) is 0 Å². The zero-order valence-corrected chi connectivity index (χ0v) is 32.8. The van der Waals surface area contributed by atoms with Gasteiger partial charge < -0.3 is 9.80 Å². The lowest BCUT2D eigenvalue weighted by molar-refractivity contribution is -0.310. The molecule has 3 heterocycles. The molecule has 2 aliphatic carbocycles. The van der Waals surface area contributed by atoms with E-state index in [1.165, 1.54) is 64.2 Å². The van der Waals surface area contributed by atoms with Crippen molar-refractivity contribution in [2.24, 2.45) is 0 Å². The van der Waals surface area contributed by atoms with E-state index >= 15 is 0 Å². The van der Waals surface area contributed by atoms with Gasteiger partial charge in [0.1, 0.15) is 5.82 Å². The number of anilines is 2. The molecule has 4 aliphatic rings. The van der Waals surface area contributed by atoms with Crippen molar-refractivity contribution in [1.82, 2.24) is 25.1 Å². The molecule has 9 nitrogen and oxygen atoms in total. The van der Waals surface area contributed by atoms with Crippen molar-refractivity contribution in [3.8, 4) is 0 Å². The second-order valence-corrected chi connectivity index (χ2v) is 18.3. The topological polar surface area (TPSA) is 70.1 Å². The SMILES string of the molecule is CCCCN(c1nc(C)nc(N(C)C2CC(C)(C)N(OC3CCCCC3)C(C)(C)C2)n1)C1CC(C)(C)N(OC2CCCCC2)C(C)(C)C1. The molecule has 0 amide bonds. The zero-order chi connectivity index (χ0) is 34.9. The summed E-state index contributed by atoms with van der Waals surface area (Å²) in [6, 6.07) is 0.601. The van der Waals surface area contributed by atoms with Crippen molar-refractivity contribution in [1.29, 1.82) is 0 Å². The molecule has 1 aromatic heterocycles. The Morgan fingerprint density at radius 2 is 1.04 bits per heavy atom. The molecule has 0 bridgehead atoms. The molecule has 9 heteroatoms. The van der Waals surface area contributed by atoms with Crippen LogP contribution in [-0.4, -0.2) is 85.1 Å². The van der Waals surface area contributed by atoms with Crippen LogP contribution < -0.4 is 9.80 Å². The zero-order valence-electron chi connectivity index (χ0n) is 32.8. The molecule has 4 fully saturated rings. The Morgan fingerprint density at radius 1 is 0.625 bits per heavy atom. The highest BCUT2D eigenvalue weighted by atomic mass is 16.7. The van der Waals surface area contributed by atoms with Crippen LogP contribution in [0.15, 0.2) is 0 Å². The van der Waals surface area contributed by atoms with Crippen molar-refractivity contribution in [3.05, 3.63) is 5.82 Å². The molecule has 2 aliphatic heterocycles. The Bertz CT molecular complexity index is 1150. The summed E-state index contributed by atoms with van der Waals surface area (Å²) in [4.78, 5) is 33.8. The van der Waals surface area contributed by atoms with E-state index in [-0.39, 0.29) is 28.2 Å². The minimum Gasteiger partial charge on any atom is -0.341 e. The van der Waals surface area contributed by atoms with Gasteiger partial charge in [-0.3, -0.25) is 9.68 Å². The fourth-order valence-electron chi connectivity index (χ4n) is 9.80. The number of piperidine rings is 2. The summed E-state index contributed by atoms with van der Waals surface area (Å²) in [5.74, 6) is 2.40. The Hall–Kier alpha value is -1.55. The van der Waals surface area contributed by atoms with E-state index in [0.717, 1.165) is 62.8 Å². The number of nitrogens with zero attached hydrogens (tertiary/aromatic N) is 7. The Labute approximate surface area is 293 Å². The molecule has 0 unspecified atom stereocenters. The van der Waals surface area contributed by atoms with Gasteiger partial charge in [0.05, 0.1) is 12.2 Å². The molecule has 0 aromatic carbocycles. The molecule has 1 aromatic rings. The average Bonchev–Trinajstić information content (AvgIpc) is 3.00. The molecule has 48 heavy (non-hydrogen) atoms. The lowest BCUT2D eigenvalue weighted by Gasteiger charge is -2.56. The largest absolute Gasteiger partial charge is 0.341 e. The van der Waals surface area contributed by atoms with Gasteiger partial charge in [-0.05, 0) is 120 Å². The van der Waals surface area contributed by atoms with E-state index in [9.17, 15) is 0 Å². The van der Waals surface area contributed by atoms with Gasteiger partial charge in [-0.15, -0.1) is 0 Å². The predicted octanol–water partition coefficient (Wildman–Crippen LogP) is 8.79. The maximum atomic E-state index is 6.85. The smallest absolute Gasteiger partial charge is 0.230 e. The first-order chi connectivity index (χ1) is 22.5. The summed E-state index contributed by atoms with van der Waals surface area (Å²) in [5, 5.41) is 4.72. The van der Waals surface area contributed by atoms with Gasteiger partial charge in [-0.2, -0.15) is 25.1 Å². The number of hydrogen-bond acceptors (Lipinski definition) is 9. The first-order valence-electron chi connectivity index (χ1n) is 19.7. The normalized spacial score (nSPS) is 26.1. The molecule has 5 rings (SSSR count). The summed E-state index contributed by atoms with van der Waals surface area (Å²) in [5.41, 5.74) is -0.441. The van der Waals surface area contributed by atoms with E-state index in [1.54, 1.807) is 0 Å². The van der Waals surface area contributed by atoms with Crippen molar-refractivity contribution in [3.63, 3.8) is 0 Å². The van der Waals surface area contributed by atoms with E-state index in [2.05, 4.69) is 89.3 Å². The van der Waals surface area contributed by atoms with Crippen LogP contribution in [0.25, 0.3) is 0 Å². The summed E-state index contributed by atoms with van der Waals surface area (Å²) >= 11 is 0. The van der Waals surface area contributed by atoms with Gasteiger partial charge in [0.2, 0.25) is 11.9 Å². The van der Waals surface area contributed by atoms with Gasteiger partial charge in [-0.25, -0.2) is 0 Å². The molecule has 0 radical (unpaired) electrons. The third kappa shape index (κ3) is 8.66. The van der Waals surface area contributed by atoms with Crippen LogP contribution in [0.1, 0.15) is 171 Å². The summed E-state index contributed by atoms with van der Waals surface area (Å²) < 4.78 is 0. The highest BCUT2D eigenvalue weighted by molar-refractivity contribution is 5.41. The Balaban J connectivity index is 1.36. The fourth-order valence-corrected chi connectivity index (χ4v) is 9.80. The number of hydrogen-bond donors (Lipinski definition) is 0. The first kappa shape index (κ1) is 37.7. The number of unbranched alkanes of at least 4 members (excludes halogenated alkanes) is 1. The highest BCUT2D eigenvalue weighted by Crippen LogP contribution is 2.44. The third-order valence-corrected chi connectivity index (χ3v) is 11.8. The predicted molar refractivity (Wildman–Crippen MR) is 197 cm³/mol. The second kappa shape index (κ2) is 15.0. The van der Waals surface area contributed by atoms with Crippen molar-refractivity contribution < 1.29 is 9.68 Å². The Kier molecular flexibility index (Phi) is 11.8.